The molecule has 18 heteroatoms. The van der Waals surface area contributed by atoms with Crippen LogP contribution in [0.1, 0.15) is 18.9 Å². The number of rotatable bonds is 12. The van der Waals surface area contributed by atoms with Crippen LogP contribution < -0.4 is 0 Å². The van der Waals surface area contributed by atoms with Gasteiger partial charge in [-0.1, -0.05) is 12.1 Å². The molecular weight excluding hydrogens is 660 g/mol. The molecule has 0 aromatic heterocycles. The quantitative estimate of drug-likeness (QED) is 0.0604. The molecule has 3 aliphatic rings. The Bertz CT molecular complexity index is 1350. The van der Waals surface area contributed by atoms with Gasteiger partial charge in [0.25, 0.3) is 0 Å². The SMILES string of the molecule is C/C=C1\[C@H](OC2O[C@H](CO)[C@@H](O)[C@H](O)[C@H]2O)OC=C(C(=O)OC)[C@H]1CC(=O)OCC1O[C@H](OCCc2ccc(O)c(O)c2)[C@@H](O)[C@H](O)[C@H]1O. The minimum atomic E-state index is -1.77. The van der Waals surface area contributed by atoms with E-state index in [0.717, 1.165) is 13.4 Å². The van der Waals surface area contributed by atoms with E-state index in [9.17, 15) is 55.5 Å². The first kappa shape index (κ1) is 38.4. The minimum absolute atomic E-state index is 0.0633. The third kappa shape index (κ3) is 8.86. The van der Waals surface area contributed by atoms with Crippen molar-refractivity contribution < 1.29 is 88.7 Å². The highest BCUT2D eigenvalue weighted by Gasteiger charge is 2.48. The molecule has 3 aliphatic heterocycles. The number of esters is 2. The molecule has 0 amide bonds. The minimum Gasteiger partial charge on any atom is -0.504 e. The van der Waals surface area contributed by atoms with E-state index in [4.69, 9.17) is 33.2 Å². The van der Waals surface area contributed by atoms with Crippen LogP contribution in [0.5, 0.6) is 11.5 Å². The highest BCUT2D eigenvalue weighted by atomic mass is 16.8. The van der Waals surface area contributed by atoms with Gasteiger partial charge in [0, 0.05) is 11.5 Å². The summed E-state index contributed by atoms with van der Waals surface area (Å²) in [7, 11) is 1.11. The molecule has 1 aromatic rings. The van der Waals surface area contributed by atoms with Gasteiger partial charge >= 0.3 is 11.9 Å². The van der Waals surface area contributed by atoms with E-state index in [-0.39, 0.29) is 35.7 Å². The number of allylic oxidation sites excluding steroid dienone is 1. The summed E-state index contributed by atoms with van der Waals surface area (Å²) in [5.74, 6) is -3.47. The van der Waals surface area contributed by atoms with E-state index >= 15 is 0 Å². The molecule has 0 bridgehead atoms. The molecule has 49 heavy (non-hydrogen) atoms. The summed E-state index contributed by atoms with van der Waals surface area (Å²) in [6, 6.07) is 4.15. The van der Waals surface area contributed by atoms with Crippen molar-refractivity contribution in [1.82, 2.24) is 0 Å². The first-order valence-corrected chi connectivity index (χ1v) is 15.3. The molecule has 0 radical (unpaired) electrons. The van der Waals surface area contributed by atoms with E-state index in [1.165, 1.54) is 18.2 Å². The number of carbonyl (C=O) groups excluding carboxylic acids is 2. The average molecular weight is 703 g/mol. The molecule has 1 aromatic carbocycles. The fourth-order valence-electron chi connectivity index (χ4n) is 5.54. The smallest absolute Gasteiger partial charge is 0.337 e. The van der Waals surface area contributed by atoms with E-state index in [1.54, 1.807) is 13.0 Å². The van der Waals surface area contributed by atoms with E-state index < -0.39 is 105 Å². The van der Waals surface area contributed by atoms with Crippen LogP contribution in [0.2, 0.25) is 0 Å². The molecular formula is C31H42O18. The Morgan fingerprint density at radius 2 is 1.53 bits per heavy atom. The summed E-state index contributed by atoms with van der Waals surface area (Å²) < 4.78 is 37.9. The fourth-order valence-corrected chi connectivity index (χ4v) is 5.54. The summed E-state index contributed by atoms with van der Waals surface area (Å²) in [6.45, 7) is 0.170. The first-order valence-electron chi connectivity index (χ1n) is 15.3. The molecule has 4 rings (SSSR count). The molecule has 9 N–H and O–H groups in total. The van der Waals surface area contributed by atoms with E-state index in [1.807, 2.05) is 0 Å². The fraction of sp³-hybridized carbons (Fsp3) is 0.613. The Hall–Kier alpha value is -3.40. The Kier molecular flexibility index (Phi) is 13.3. The van der Waals surface area contributed by atoms with Gasteiger partial charge in [-0.3, -0.25) is 4.79 Å². The van der Waals surface area contributed by atoms with Crippen molar-refractivity contribution in [2.45, 2.75) is 87.5 Å². The van der Waals surface area contributed by atoms with Gasteiger partial charge in [0.1, 0.15) is 55.4 Å². The zero-order valence-corrected chi connectivity index (χ0v) is 26.5. The zero-order chi connectivity index (χ0) is 36.0. The standard InChI is InChI=1S/C31H42O18/c1-3-14-15(16(28(42)43-2)11-46-29(14)49-31-27(41)24(38)22(36)19(10-32)47-31)9-21(35)45-12-20-23(37)25(39)26(40)30(48-20)44-7-6-13-4-5-17(33)18(34)8-13/h3-5,8,11,15,19-20,22-27,29-34,36-41H,6-7,9-10,12H2,1-2H3/b14-3-/t15-,19+,20?,22+,23-,24-,25+,26-,27+,29-,30-,31?/m0/s1. The van der Waals surface area contributed by atoms with Crippen LogP contribution in [-0.2, 0) is 49.2 Å². The predicted molar refractivity (Wildman–Crippen MR) is 159 cm³/mol. The number of phenols is 2. The number of aliphatic hydroxyl groups is 7. The van der Waals surface area contributed by atoms with Crippen molar-refractivity contribution in [3.8, 4) is 11.5 Å². The largest absolute Gasteiger partial charge is 0.504 e. The number of benzene rings is 1. The highest BCUT2D eigenvalue weighted by molar-refractivity contribution is 5.90. The topological polar surface area (TPSA) is 281 Å². The van der Waals surface area contributed by atoms with Crippen molar-refractivity contribution >= 4 is 11.9 Å². The molecule has 0 aliphatic carbocycles. The summed E-state index contributed by atoms with van der Waals surface area (Å²) in [5.41, 5.74) is 0.658. The van der Waals surface area contributed by atoms with Gasteiger partial charge < -0.3 is 79.1 Å². The lowest BCUT2D eigenvalue weighted by atomic mass is 9.86. The van der Waals surface area contributed by atoms with Crippen molar-refractivity contribution in [2.24, 2.45) is 5.92 Å². The second kappa shape index (κ2) is 17.0. The van der Waals surface area contributed by atoms with Crippen LogP contribution >= 0.6 is 0 Å². The van der Waals surface area contributed by atoms with Crippen LogP contribution in [0.4, 0.5) is 0 Å². The molecule has 2 saturated heterocycles. The van der Waals surface area contributed by atoms with Crippen LogP contribution in [0.25, 0.3) is 0 Å². The number of aromatic hydroxyl groups is 2. The summed E-state index contributed by atoms with van der Waals surface area (Å²) >= 11 is 0. The maximum Gasteiger partial charge on any atom is 0.337 e. The van der Waals surface area contributed by atoms with Crippen molar-refractivity contribution in [2.75, 3.05) is 26.9 Å². The third-order valence-electron chi connectivity index (χ3n) is 8.39. The summed E-state index contributed by atoms with van der Waals surface area (Å²) in [4.78, 5) is 25.7. The first-order chi connectivity index (χ1) is 23.3. The molecule has 274 valence electrons. The van der Waals surface area contributed by atoms with Crippen LogP contribution in [-0.4, -0.2) is 153 Å². The number of ether oxygens (including phenoxy) is 7. The number of carbonyl (C=O) groups is 2. The van der Waals surface area contributed by atoms with E-state index in [2.05, 4.69) is 0 Å². The van der Waals surface area contributed by atoms with Gasteiger partial charge in [0.2, 0.25) is 6.29 Å². The van der Waals surface area contributed by atoms with Gasteiger partial charge in [0.15, 0.2) is 24.1 Å². The van der Waals surface area contributed by atoms with E-state index in [0.29, 0.717) is 5.56 Å². The lowest BCUT2D eigenvalue weighted by molar-refractivity contribution is -0.327. The normalized spacial score (nSPS) is 35.7. The molecule has 3 heterocycles. The molecule has 0 spiro atoms. The van der Waals surface area contributed by atoms with Gasteiger partial charge in [-0.05, 0) is 31.0 Å². The molecule has 18 nitrogen and oxygen atoms in total. The average Bonchev–Trinajstić information content (AvgIpc) is 3.09. The van der Waals surface area contributed by atoms with Crippen LogP contribution in [0.15, 0.2) is 41.7 Å². The molecule has 2 unspecified atom stereocenters. The lowest BCUT2D eigenvalue weighted by Gasteiger charge is -2.42. The van der Waals surface area contributed by atoms with Crippen LogP contribution in [0, 0.1) is 5.92 Å². The van der Waals surface area contributed by atoms with Crippen molar-refractivity contribution in [1.29, 1.82) is 0 Å². The number of hydrogen-bond acceptors (Lipinski definition) is 18. The predicted octanol–water partition coefficient (Wildman–Crippen LogP) is -2.81. The molecule has 12 atom stereocenters. The highest BCUT2D eigenvalue weighted by Crippen LogP contribution is 2.36. The Balaban J connectivity index is 1.39. The third-order valence-corrected chi connectivity index (χ3v) is 8.39. The lowest BCUT2D eigenvalue weighted by Crippen LogP contribution is -2.60. The number of phenolic OH excluding ortho intramolecular Hbond substituents is 2. The monoisotopic (exact) mass is 702 g/mol. The van der Waals surface area contributed by atoms with Crippen molar-refractivity contribution in [3.05, 3.63) is 47.2 Å². The van der Waals surface area contributed by atoms with Gasteiger partial charge in [-0.25, -0.2) is 4.79 Å². The number of hydrogen-bond donors (Lipinski definition) is 9. The molecule has 2 fully saturated rings. The van der Waals surface area contributed by atoms with Crippen molar-refractivity contribution in [3.63, 3.8) is 0 Å². The second-order valence-electron chi connectivity index (χ2n) is 11.6. The van der Waals surface area contributed by atoms with Gasteiger partial charge in [0.05, 0.1) is 38.6 Å². The summed E-state index contributed by atoms with van der Waals surface area (Å²) in [5, 5.41) is 90.5. The Morgan fingerprint density at radius 3 is 2.16 bits per heavy atom. The maximum absolute atomic E-state index is 13.1. The Morgan fingerprint density at radius 1 is 0.878 bits per heavy atom. The van der Waals surface area contributed by atoms with Gasteiger partial charge in [-0.15, -0.1) is 0 Å². The second-order valence-corrected chi connectivity index (χ2v) is 11.6. The van der Waals surface area contributed by atoms with Gasteiger partial charge in [-0.2, -0.15) is 0 Å². The number of aliphatic hydroxyl groups excluding tert-OH is 7. The summed E-state index contributed by atoms with van der Waals surface area (Å²) in [6.07, 6.45) is -15.1. The Labute approximate surface area is 279 Å². The number of methoxy groups -OCH3 is 1. The molecule has 0 saturated carbocycles. The maximum atomic E-state index is 13.1. The zero-order valence-electron chi connectivity index (χ0n) is 26.5. The van der Waals surface area contributed by atoms with Crippen LogP contribution in [0.3, 0.4) is 0 Å².